The Kier molecular flexibility index (Phi) is 5.63. The Bertz CT molecular complexity index is 456. The number of anilines is 1. The van der Waals surface area contributed by atoms with Crippen molar-refractivity contribution in [3.63, 3.8) is 0 Å². The molecule has 0 fully saturated rings. The van der Waals surface area contributed by atoms with E-state index < -0.39 is 25.6 Å². The molecule has 20 heavy (non-hydrogen) atoms. The molecule has 3 N–H and O–H groups in total. The fraction of sp³-hybridized carbons (Fsp3) is 0.636. The van der Waals surface area contributed by atoms with E-state index >= 15 is 0 Å². The molecule has 0 aliphatic rings. The molecule has 0 amide bonds. The maximum Gasteiger partial charge on any atom is 0.330 e. The highest BCUT2D eigenvalue weighted by Gasteiger charge is 2.41. The van der Waals surface area contributed by atoms with Gasteiger partial charge in [0, 0.05) is 11.3 Å². The molecule has 1 heterocycles. The number of nitrogen functional groups attached to an aromatic ring is 1. The van der Waals surface area contributed by atoms with Crippen LogP contribution < -0.4 is 11.3 Å². The molecule has 0 saturated carbocycles. The van der Waals surface area contributed by atoms with Crippen LogP contribution >= 0.6 is 0 Å². The molecule has 0 unspecified atom stereocenters. The fourth-order valence-corrected chi connectivity index (χ4v) is 1.60. The monoisotopic (exact) mass is 296 g/mol. The summed E-state index contributed by atoms with van der Waals surface area (Å²) in [5, 5.41) is 0. The quantitative estimate of drug-likeness (QED) is 0.458. The Morgan fingerprint density at radius 3 is 2.50 bits per heavy atom. The van der Waals surface area contributed by atoms with Crippen LogP contribution in [0.3, 0.4) is 0 Å². The number of nitrogens with zero attached hydrogens (tertiary/aromatic N) is 2. The number of hydrazine groups is 1. The van der Waals surface area contributed by atoms with E-state index in [9.17, 15) is 17.6 Å². The molecule has 0 aliphatic heterocycles. The van der Waals surface area contributed by atoms with E-state index in [1.54, 1.807) is 6.92 Å². The number of nitrogens with two attached hydrogens (primary N) is 1. The summed E-state index contributed by atoms with van der Waals surface area (Å²) in [6.45, 7) is 1.79. The zero-order valence-electron chi connectivity index (χ0n) is 11.1. The maximum atomic E-state index is 12.6. The van der Waals surface area contributed by atoms with E-state index in [2.05, 4.69) is 20.1 Å². The Hall–Kier alpha value is -1.48. The number of ether oxygens (including phenoxy) is 1. The number of hydrogen-bond acceptors (Lipinski definition) is 5. The number of halogens is 4. The van der Waals surface area contributed by atoms with Crippen LogP contribution in [0.4, 0.5) is 23.4 Å². The Morgan fingerprint density at radius 2 is 2.00 bits per heavy atom. The lowest BCUT2D eigenvalue weighted by atomic mass is 10.1. The van der Waals surface area contributed by atoms with Gasteiger partial charge in [-0.1, -0.05) is 6.92 Å². The molecule has 114 valence electrons. The van der Waals surface area contributed by atoms with Gasteiger partial charge in [-0.2, -0.15) is 8.78 Å². The molecule has 1 aromatic rings. The zero-order valence-corrected chi connectivity index (χ0v) is 11.1. The van der Waals surface area contributed by atoms with E-state index in [0.29, 0.717) is 17.9 Å². The Labute approximate surface area is 113 Å². The normalized spacial score (nSPS) is 12.0. The molecule has 0 radical (unpaired) electrons. The second kappa shape index (κ2) is 6.80. The van der Waals surface area contributed by atoms with Crippen molar-refractivity contribution in [2.24, 2.45) is 5.84 Å². The third-order valence-corrected chi connectivity index (χ3v) is 2.60. The molecule has 9 heteroatoms. The summed E-state index contributed by atoms with van der Waals surface area (Å²) >= 11 is 0. The summed E-state index contributed by atoms with van der Waals surface area (Å²) in [4.78, 5) is 8.04. The van der Waals surface area contributed by atoms with Crippen LogP contribution in [0.15, 0.2) is 0 Å². The summed E-state index contributed by atoms with van der Waals surface area (Å²) in [5.41, 5.74) is 3.78. The summed E-state index contributed by atoms with van der Waals surface area (Å²) in [7, 11) is 0. The van der Waals surface area contributed by atoms with Gasteiger partial charge in [-0.05, 0) is 13.3 Å². The number of rotatable bonds is 7. The minimum absolute atomic E-state index is 0.0951. The van der Waals surface area contributed by atoms with Gasteiger partial charge >= 0.3 is 12.3 Å². The van der Waals surface area contributed by atoms with Gasteiger partial charge in [0.05, 0.1) is 0 Å². The number of aromatic nitrogens is 2. The summed E-state index contributed by atoms with van der Waals surface area (Å²) in [5.74, 6) is 1.57. The molecule has 0 spiro atoms. The topological polar surface area (TPSA) is 73.1 Å². The van der Waals surface area contributed by atoms with E-state index in [1.165, 1.54) is 0 Å². The van der Waals surface area contributed by atoms with E-state index in [0.717, 1.165) is 5.56 Å². The number of aryl methyl sites for hydroxylation is 1. The molecule has 0 aliphatic carbocycles. The standard InChI is InChI=1S/C11H16F4N4O/c1-3-7-6(2)17-8(18-9(7)19-16)4-20-5-11(14,15)10(12)13/h10H,3-5,16H2,1-2H3,(H,17,18,19). The molecule has 1 aromatic heterocycles. The van der Waals surface area contributed by atoms with Gasteiger partial charge in [0.1, 0.15) is 19.0 Å². The predicted molar refractivity (Wildman–Crippen MR) is 64.6 cm³/mol. The third kappa shape index (κ3) is 4.01. The van der Waals surface area contributed by atoms with Crippen LogP contribution in [0.1, 0.15) is 24.0 Å². The summed E-state index contributed by atoms with van der Waals surface area (Å²) in [6, 6.07) is 0. The maximum absolute atomic E-state index is 12.6. The highest BCUT2D eigenvalue weighted by Crippen LogP contribution is 2.23. The highest BCUT2D eigenvalue weighted by molar-refractivity contribution is 5.45. The van der Waals surface area contributed by atoms with Gasteiger partial charge in [0.15, 0.2) is 5.82 Å². The van der Waals surface area contributed by atoms with Crippen LogP contribution in [0, 0.1) is 6.92 Å². The van der Waals surface area contributed by atoms with Crippen LogP contribution in [0.25, 0.3) is 0 Å². The molecule has 0 atom stereocenters. The second-order valence-corrected chi connectivity index (χ2v) is 4.10. The average Bonchev–Trinajstić information content (AvgIpc) is 2.37. The number of nitrogens with one attached hydrogen (secondary N) is 1. The summed E-state index contributed by atoms with van der Waals surface area (Å²) in [6.07, 6.45) is -3.13. The van der Waals surface area contributed by atoms with Crippen molar-refractivity contribution < 1.29 is 22.3 Å². The van der Waals surface area contributed by atoms with Crippen molar-refractivity contribution in [2.45, 2.75) is 39.2 Å². The van der Waals surface area contributed by atoms with Crippen LogP contribution in [-0.4, -0.2) is 28.9 Å². The van der Waals surface area contributed by atoms with Crippen LogP contribution in [0.5, 0.6) is 0 Å². The van der Waals surface area contributed by atoms with Crippen molar-refractivity contribution in [2.75, 3.05) is 12.0 Å². The number of hydrogen-bond donors (Lipinski definition) is 2. The average molecular weight is 296 g/mol. The van der Waals surface area contributed by atoms with Gasteiger partial charge in [0.25, 0.3) is 0 Å². The third-order valence-electron chi connectivity index (χ3n) is 2.60. The Morgan fingerprint density at radius 1 is 1.35 bits per heavy atom. The minimum atomic E-state index is -4.19. The van der Waals surface area contributed by atoms with Gasteiger partial charge in [-0.3, -0.25) is 0 Å². The minimum Gasteiger partial charge on any atom is -0.367 e. The Balaban J connectivity index is 2.72. The van der Waals surface area contributed by atoms with Gasteiger partial charge < -0.3 is 10.2 Å². The van der Waals surface area contributed by atoms with E-state index in [1.807, 2.05) is 6.92 Å². The first-order valence-corrected chi connectivity index (χ1v) is 5.88. The molecule has 0 bridgehead atoms. The van der Waals surface area contributed by atoms with Gasteiger partial charge in [-0.15, -0.1) is 0 Å². The van der Waals surface area contributed by atoms with Crippen molar-refractivity contribution >= 4 is 5.82 Å². The molecular formula is C11H16F4N4O. The first-order chi connectivity index (χ1) is 9.31. The zero-order chi connectivity index (χ0) is 15.3. The molecule has 5 nitrogen and oxygen atoms in total. The molecule has 0 aromatic carbocycles. The molecule has 0 saturated heterocycles. The van der Waals surface area contributed by atoms with Crippen LogP contribution in [0.2, 0.25) is 0 Å². The van der Waals surface area contributed by atoms with Crippen molar-refractivity contribution in [1.29, 1.82) is 0 Å². The molecule has 1 rings (SSSR count). The largest absolute Gasteiger partial charge is 0.367 e. The van der Waals surface area contributed by atoms with Crippen LogP contribution in [-0.2, 0) is 17.8 Å². The van der Waals surface area contributed by atoms with E-state index in [4.69, 9.17) is 5.84 Å². The van der Waals surface area contributed by atoms with Gasteiger partial charge in [0.2, 0.25) is 0 Å². The van der Waals surface area contributed by atoms with E-state index in [-0.39, 0.29) is 5.82 Å². The predicted octanol–water partition coefficient (Wildman–Crippen LogP) is 2.05. The van der Waals surface area contributed by atoms with Crippen molar-refractivity contribution in [3.05, 3.63) is 17.1 Å². The van der Waals surface area contributed by atoms with Crippen molar-refractivity contribution in [1.82, 2.24) is 9.97 Å². The lowest BCUT2D eigenvalue weighted by molar-refractivity contribution is -0.168. The first kappa shape index (κ1) is 16.6. The van der Waals surface area contributed by atoms with Crippen molar-refractivity contribution in [3.8, 4) is 0 Å². The molecular weight excluding hydrogens is 280 g/mol. The SMILES string of the molecule is CCc1c(C)nc(COCC(F)(F)C(F)F)nc1NN. The highest BCUT2D eigenvalue weighted by atomic mass is 19.3. The smallest absolute Gasteiger partial charge is 0.330 e. The lowest BCUT2D eigenvalue weighted by Crippen LogP contribution is -2.32. The number of alkyl halides is 4. The second-order valence-electron chi connectivity index (χ2n) is 4.10. The fourth-order valence-electron chi connectivity index (χ4n) is 1.60. The summed E-state index contributed by atoms with van der Waals surface area (Å²) < 4.78 is 53.7. The lowest BCUT2D eigenvalue weighted by Gasteiger charge is -2.15. The van der Waals surface area contributed by atoms with Gasteiger partial charge in [-0.25, -0.2) is 24.6 Å². The first-order valence-electron chi connectivity index (χ1n) is 5.88.